The van der Waals surface area contributed by atoms with Crippen molar-refractivity contribution in [3.8, 4) is 17.0 Å². The predicted molar refractivity (Wildman–Crippen MR) is 116 cm³/mol. The van der Waals surface area contributed by atoms with Crippen LogP contribution in [-0.4, -0.2) is 43.2 Å². The molecular formula is C23H17FN4O5. The summed E-state index contributed by atoms with van der Waals surface area (Å²) >= 11 is 0. The maximum Gasteiger partial charge on any atom is 0.322 e. The van der Waals surface area contributed by atoms with Crippen LogP contribution in [0.5, 0.6) is 5.75 Å². The smallest absolute Gasteiger partial charge is 0.322 e. The van der Waals surface area contributed by atoms with Crippen molar-refractivity contribution in [3.05, 3.63) is 88.4 Å². The van der Waals surface area contributed by atoms with Gasteiger partial charge in [-0.1, -0.05) is 30.3 Å². The summed E-state index contributed by atoms with van der Waals surface area (Å²) < 4.78 is 15.2. The van der Waals surface area contributed by atoms with Crippen LogP contribution in [0.15, 0.2) is 65.7 Å². The fourth-order valence-electron chi connectivity index (χ4n) is 3.45. The molecular weight excluding hydrogens is 431 g/mol. The Morgan fingerprint density at radius 2 is 1.85 bits per heavy atom. The number of nitrogens with zero attached hydrogens (tertiary/aromatic N) is 3. The maximum absolute atomic E-state index is 13.9. The summed E-state index contributed by atoms with van der Waals surface area (Å²) in [5.74, 6) is -3.51. The van der Waals surface area contributed by atoms with Crippen molar-refractivity contribution in [1.82, 2.24) is 19.9 Å². The van der Waals surface area contributed by atoms with E-state index in [4.69, 9.17) is 5.11 Å². The third kappa shape index (κ3) is 4.40. The molecule has 1 aromatic carbocycles. The first-order valence-electron chi connectivity index (χ1n) is 9.76. The van der Waals surface area contributed by atoms with Crippen LogP contribution < -0.4 is 10.9 Å². The van der Waals surface area contributed by atoms with Gasteiger partial charge in [-0.05, 0) is 17.7 Å². The maximum atomic E-state index is 13.9. The Balaban J connectivity index is 2.01. The van der Waals surface area contributed by atoms with Gasteiger partial charge in [-0.2, -0.15) is 0 Å². The summed E-state index contributed by atoms with van der Waals surface area (Å²) in [4.78, 5) is 44.3. The van der Waals surface area contributed by atoms with E-state index in [1.54, 1.807) is 24.3 Å². The average molecular weight is 448 g/mol. The summed E-state index contributed by atoms with van der Waals surface area (Å²) in [6, 6.07) is 12.8. The van der Waals surface area contributed by atoms with Crippen LogP contribution in [0.4, 0.5) is 4.39 Å². The number of benzene rings is 1. The number of aliphatic carboxylic acids is 1. The molecule has 3 N–H and O–H groups in total. The first-order chi connectivity index (χ1) is 15.8. The first-order valence-corrected chi connectivity index (χ1v) is 9.76. The van der Waals surface area contributed by atoms with Crippen molar-refractivity contribution in [1.29, 1.82) is 0 Å². The van der Waals surface area contributed by atoms with Crippen molar-refractivity contribution < 1.29 is 24.2 Å². The molecule has 0 radical (unpaired) electrons. The Kier molecular flexibility index (Phi) is 5.81. The topological polar surface area (TPSA) is 134 Å². The lowest BCUT2D eigenvalue weighted by molar-refractivity contribution is -0.135. The van der Waals surface area contributed by atoms with Gasteiger partial charge in [-0.3, -0.25) is 19.4 Å². The molecule has 0 fully saturated rings. The molecule has 0 unspecified atom stereocenters. The molecule has 9 nitrogen and oxygen atoms in total. The predicted octanol–water partition coefficient (Wildman–Crippen LogP) is 2.17. The van der Waals surface area contributed by atoms with Crippen LogP contribution in [0.1, 0.15) is 16.1 Å². The number of pyridine rings is 3. The number of hydrogen-bond donors (Lipinski definition) is 3. The van der Waals surface area contributed by atoms with Crippen molar-refractivity contribution in [2.24, 2.45) is 0 Å². The van der Waals surface area contributed by atoms with Crippen LogP contribution in [0.2, 0.25) is 0 Å². The SMILES string of the molecule is O=C(O)CNC(=O)c1nc(-c2cncc(F)c2)c2ccc(=O)n(Cc3ccccc3)c2c1O. The van der Waals surface area contributed by atoms with E-state index in [1.807, 2.05) is 6.07 Å². The van der Waals surface area contributed by atoms with Gasteiger partial charge in [0.2, 0.25) is 0 Å². The molecule has 3 heterocycles. The number of amides is 1. The average Bonchev–Trinajstić information content (AvgIpc) is 2.80. The minimum Gasteiger partial charge on any atom is -0.504 e. The van der Waals surface area contributed by atoms with E-state index in [0.717, 1.165) is 17.8 Å². The quantitative estimate of drug-likeness (QED) is 0.411. The van der Waals surface area contributed by atoms with Crippen LogP contribution >= 0.6 is 0 Å². The second kappa shape index (κ2) is 8.87. The summed E-state index contributed by atoms with van der Waals surface area (Å²) in [5.41, 5.74) is 0.105. The largest absolute Gasteiger partial charge is 0.504 e. The van der Waals surface area contributed by atoms with Gasteiger partial charge in [0.1, 0.15) is 12.4 Å². The molecule has 0 atom stereocenters. The van der Waals surface area contributed by atoms with Crippen LogP contribution in [0.3, 0.4) is 0 Å². The zero-order valence-electron chi connectivity index (χ0n) is 17.0. The van der Waals surface area contributed by atoms with E-state index in [0.29, 0.717) is 0 Å². The molecule has 4 rings (SSSR count). The molecule has 166 valence electrons. The number of hydrogen-bond acceptors (Lipinski definition) is 6. The molecule has 0 saturated carbocycles. The van der Waals surface area contributed by atoms with Gasteiger partial charge in [-0.15, -0.1) is 0 Å². The van der Waals surface area contributed by atoms with Crippen molar-refractivity contribution in [2.45, 2.75) is 6.54 Å². The second-order valence-corrected chi connectivity index (χ2v) is 7.13. The van der Waals surface area contributed by atoms with Gasteiger partial charge in [0.25, 0.3) is 11.5 Å². The van der Waals surface area contributed by atoms with E-state index < -0.39 is 41.2 Å². The van der Waals surface area contributed by atoms with Gasteiger partial charge < -0.3 is 20.1 Å². The minimum absolute atomic E-state index is 0.00101. The van der Waals surface area contributed by atoms with E-state index in [1.165, 1.54) is 22.9 Å². The van der Waals surface area contributed by atoms with Gasteiger partial charge in [0.15, 0.2) is 11.4 Å². The number of nitrogens with one attached hydrogen (secondary N) is 1. The fraction of sp³-hybridized carbons (Fsp3) is 0.0870. The highest BCUT2D eigenvalue weighted by atomic mass is 19.1. The molecule has 3 aromatic heterocycles. The van der Waals surface area contributed by atoms with Gasteiger partial charge in [0.05, 0.1) is 24.0 Å². The summed E-state index contributed by atoms with van der Waals surface area (Å²) in [6.07, 6.45) is 2.32. The second-order valence-electron chi connectivity index (χ2n) is 7.13. The zero-order valence-corrected chi connectivity index (χ0v) is 17.0. The Bertz CT molecular complexity index is 1440. The number of aromatic hydroxyl groups is 1. The molecule has 0 aliphatic carbocycles. The number of carboxylic acids is 1. The number of carboxylic acid groups (broad SMARTS) is 1. The highest BCUT2D eigenvalue weighted by molar-refractivity contribution is 6.05. The van der Waals surface area contributed by atoms with E-state index in [-0.39, 0.29) is 28.7 Å². The molecule has 33 heavy (non-hydrogen) atoms. The van der Waals surface area contributed by atoms with E-state index >= 15 is 0 Å². The van der Waals surface area contributed by atoms with Gasteiger partial charge in [-0.25, -0.2) is 9.37 Å². The summed E-state index contributed by atoms with van der Waals surface area (Å²) in [5, 5.41) is 22.3. The molecule has 0 bridgehead atoms. The first kappa shape index (κ1) is 21.6. The Labute approximate surface area is 185 Å². The van der Waals surface area contributed by atoms with Crippen LogP contribution in [0.25, 0.3) is 22.2 Å². The molecule has 0 saturated heterocycles. The lowest BCUT2D eigenvalue weighted by atomic mass is 10.1. The standard InChI is InChI=1S/C23H17FN4O5/c24-15-8-14(9-25-10-15)19-16-6-7-17(29)28(12-13-4-2-1-3-5-13)21(16)22(32)20(27-19)23(33)26-11-18(30)31/h1-10,32H,11-12H2,(H,26,33)(H,30,31). The molecule has 0 aliphatic heterocycles. The molecule has 4 aromatic rings. The highest BCUT2D eigenvalue weighted by Crippen LogP contribution is 2.34. The number of rotatable bonds is 6. The number of aromatic nitrogens is 3. The Morgan fingerprint density at radius 1 is 1.09 bits per heavy atom. The van der Waals surface area contributed by atoms with Crippen molar-refractivity contribution >= 4 is 22.8 Å². The van der Waals surface area contributed by atoms with Crippen LogP contribution in [0, 0.1) is 5.82 Å². The van der Waals surface area contributed by atoms with Crippen molar-refractivity contribution in [2.75, 3.05) is 6.54 Å². The number of halogens is 1. The Hall–Kier alpha value is -4.60. The summed E-state index contributed by atoms with van der Waals surface area (Å²) in [7, 11) is 0. The number of carbonyl (C=O) groups is 2. The lowest BCUT2D eigenvalue weighted by Crippen LogP contribution is -2.30. The Morgan fingerprint density at radius 3 is 2.55 bits per heavy atom. The minimum atomic E-state index is -1.29. The molecule has 0 aliphatic rings. The zero-order chi connectivity index (χ0) is 23.5. The summed E-state index contributed by atoms with van der Waals surface area (Å²) in [6.45, 7) is -0.633. The molecule has 0 spiro atoms. The van der Waals surface area contributed by atoms with Crippen molar-refractivity contribution in [3.63, 3.8) is 0 Å². The fourth-order valence-corrected chi connectivity index (χ4v) is 3.45. The third-order valence-electron chi connectivity index (χ3n) is 4.89. The lowest BCUT2D eigenvalue weighted by Gasteiger charge is -2.16. The number of fused-ring (bicyclic) bond motifs is 1. The monoisotopic (exact) mass is 448 g/mol. The van der Waals surface area contributed by atoms with E-state index in [9.17, 15) is 23.9 Å². The molecule has 10 heteroatoms. The molecule has 1 amide bonds. The van der Waals surface area contributed by atoms with Crippen LogP contribution in [-0.2, 0) is 11.3 Å². The normalized spacial score (nSPS) is 10.8. The number of carbonyl (C=O) groups excluding carboxylic acids is 1. The van der Waals surface area contributed by atoms with E-state index in [2.05, 4.69) is 15.3 Å². The third-order valence-corrected chi connectivity index (χ3v) is 4.89. The highest BCUT2D eigenvalue weighted by Gasteiger charge is 2.23. The van der Waals surface area contributed by atoms with Gasteiger partial charge in [0, 0.05) is 23.2 Å². The van der Waals surface area contributed by atoms with Gasteiger partial charge >= 0.3 is 5.97 Å².